The van der Waals surface area contributed by atoms with Gasteiger partial charge in [0.15, 0.2) is 0 Å². The van der Waals surface area contributed by atoms with Crippen molar-refractivity contribution in [1.29, 1.82) is 0 Å². The smallest absolute Gasteiger partial charge is 0.111 e. The molecule has 2 heterocycles. The molecule has 5 nitrogen and oxygen atoms in total. The Morgan fingerprint density at radius 3 is 2.80 bits per heavy atom. The fourth-order valence-corrected chi connectivity index (χ4v) is 2.43. The fourth-order valence-electron chi connectivity index (χ4n) is 2.43. The van der Waals surface area contributed by atoms with Crippen molar-refractivity contribution >= 4 is 0 Å². The largest absolute Gasteiger partial charge is 0.335 e. The second-order valence-corrected chi connectivity index (χ2v) is 5.58. The standard InChI is InChI=1S/C15H25N5/c1-12(2)15-17-7-9-20(15)8-5-6-16-10-14-11-19(4)18-13(14)3/h7,9,11-12,16H,5-6,8,10H2,1-4H3. The van der Waals surface area contributed by atoms with E-state index in [1.807, 2.05) is 17.9 Å². The number of nitrogens with zero attached hydrogens (tertiary/aromatic N) is 4. The molecule has 0 atom stereocenters. The van der Waals surface area contributed by atoms with Gasteiger partial charge < -0.3 is 9.88 Å². The van der Waals surface area contributed by atoms with Gasteiger partial charge in [0, 0.05) is 50.2 Å². The molecule has 2 aromatic heterocycles. The lowest BCUT2D eigenvalue weighted by atomic mass is 10.2. The normalized spacial score (nSPS) is 11.4. The number of aryl methyl sites for hydroxylation is 3. The van der Waals surface area contributed by atoms with Crippen LogP contribution < -0.4 is 5.32 Å². The van der Waals surface area contributed by atoms with E-state index in [4.69, 9.17) is 0 Å². The quantitative estimate of drug-likeness (QED) is 0.788. The number of imidazole rings is 1. The summed E-state index contributed by atoms with van der Waals surface area (Å²) in [5.41, 5.74) is 2.38. The fraction of sp³-hybridized carbons (Fsp3) is 0.600. The molecule has 20 heavy (non-hydrogen) atoms. The van der Waals surface area contributed by atoms with Crippen LogP contribution in [0.4, 0.5) is 0 Å². The van der Waals surface area contributed by atoms with Gasteiger partial charge in [0.2, 0.25) is 0 Å². The van der Waals surface area contributed by atoms with Gasteiger partial charge in [0.1, 0.15) is 5.82 Å². The van der Waals surface area contributed by atoms with E-state index >= 15 is 0 Å². The van der Waals surface area contributed by atoms with Crippen molar-refractivity contribution in [2.45, 2.75) is 46.2 Å². The second-order valence-electron chi connectivity index (χ2n) is 5.58. The van der Waals surface area contributed by atoms with Crippen molar-refractivity contribution < 1.29 is 0 Å². The van der Waals surface area contributed by atoms with Crippen molar-refractivity contribution in [2.24, 2.45) is 7.05 Å². The number of nitrogens with one attached hydrogen (secondary N) is 1. The molecule has 0 bridgehead atoms. The van der Waals surface area contributed by atoms with Crippen LogP contribution in [0.15, 0.2) is 18.6 Å². The highest BCUT2D eigenvalue weighted by atomic mass is 15.2. The molecule has 0 radical (unpaired) electrons. The zero-order valence-corrected chi connectivity index (χ0v) is 12.9. The SMILES string of the molecule is Cc1nn(C)cc1CNCCCn1ccnc1C(C)C. The first-order chi connectivity index (χ1) is 9.58. The summed E-state index contributed by atoms with van der Waals surface area (Å²) in [5, 5.41) is 7.83. The highest BCUT2D eigenvalue weighted by Gasteiger charge is 2.06. The van der Waals surface area contributed by atoms with Crippen LogP contribution >= 0.6 is 0 Å². The summed E-state index contributed by atoms with van der Waals surface area (Å²) < 4.78 is 4.12. The van der Waals surface area contributed by atoms with Crippen LogP contribution in [0.3, 0.4) is 0 Å². The Morgan fingerprint density at radius 1 is 1.35 bits per heavy atom. The van der Waals surface area contributed by atoms with Gasteiger partial charge in [0.25, 0.3) is 0 Å². The Balaban J connectivity index is 1.71. The maximum atomic E-state index is 4.41. The number of hydrogen-bond donors (Lipinski definition) is 1. The molecule has 0 unspecified atom stereocenters. The van der Waals surface area contributed by atoms with Crippen molar-refractivity contribution in [3.63, 3.8) is 0 Å². The third-order valence-corrected chi connectivity index (χ3v) is 3.45. The molecule has 2 rings (SSSR count). The Hall–Kier alpha value is -1.62. The number of rotatable bonds is 7. The molecule has 0 spiro atoms. The first-order valence-corrected chi connectivity index (χ1v) is 7.28. The highest BCUT2D eigenvalue weighted by molar-refractivity contribution is 5.14. The summed E-state index contributed by atoms with van der Waals surface area (Å²) in [4.78, 5) is 4.41. The maximum absolute atomic E-state index is 4.41. The molecule has 2 aromatic rings. The Bertz CT molecular complexity index is 538. The lowest BCUT2D eigenvalue weighted by molar-refractivity contribution is 0.553. The predicted octanol–water partition coefficient (Wildman–Crippen LogP) is 2.23. The average molecular weight is 275 g/mol. The van der Waals surface area contributed by atoms with E-state index in [1.54, 1.807) is 0 Å². The Kier molecular flexibility index (Phi) is 4.95. The van der Waals surface area contributed by atoms with Crippen LogP contribution in [-0.4, -0.2) is 25.9 Å². The first-order valence-electron chi connectivity index (χ1n) is 7.28. The lowest BCUT2D eigenvalue weighted by Crippen LogP contribution is -2.17. The number of hydrogen-bond acceptors (Lipinski definition) is 3. The van der Waals surface area contributed by atoms with Crippen molar-refractivity contribution in [3.8, 4) is 0 Å². The Morgan fingerprint density at radius 2 is 2.15 bits per heavy atom. The van der Waals surface area contributed by atoms with E-state index in [1.165, 1.54) is 11.4 Å². The van der Waals surface area contributed by atoms with Gasteiger partial charge in [-0.1, -0.05) is 13.8 Å². The molecule has 0 aliphatic carbocycles. The van der Waals surface area contributed by atoms with Crippen LogP contribution in [0.25, 0.3) is 0 Å². The molecular formula is C15H25N5. The first kappa shape index (κ1) is 14.8. The summed E-state index contributed by atoms with van der Waals surface area (Å²) in [6.07, 6.45) is 7.15. The van der Waals surface area contributed by atoms with Crippen LogP contribution in [0, 0.1) is 6.92 Å². The summed E-state index contributed by atoms with van der Waals surface area (Å²) in [6, 6.07) is 0. The molecule has 110 valence electrons. The maximum Gasteiger partial charge on any atom is 0.111 e. The molecule has 1 N–H and O–H groups in total. The molecule has 0 amide bonds. The molecule has 0 saturated heterocycles. The van der Waals surface area contributed by atoms with Crippen molar-refractivity contribution in [1.82, 2.24) is 24.6 Å². The van der Waals surface area contributed by atoms with Gasteiger partial charge in [-0.3, -0.25) is 4.68 Å². The topological polar surface area (TPSA) is 47.7 Å². The van der Waals surface area contributed by atoms with E-state index < -0.39 is 0 Å². The minimum absolute atomic E-state index is 0.482. The zero-order chi connectivity index (χ0) is 14.5. The van der Waals surface area contributed by atoms with Gasteiger partial charge in [-0.15, -0.1) is 0 Å². The summed E-state index contributed by atoms with van der Waals surface area (Å²) >= 11 is 0. The Labute approximate surface area is 121 Å². The minimum Gasteiger partial charge on any atom is -0.335 e. The van der Waals surface area contributed by atoms with E-state index in [0.29, 0.717) is 5.92 Å². The third kappa shape index (κ3) is 3.70. The van der Waals surface area contributed by atoms with Crippen LogP contribution in [0.5, 0.6) is 0 Å². The van der Waals surface area contributed by atoms with Gasteiger partial charge in [-0.2, -0.15) is 5.10 Å². The molecular weight excluding hydrogens is 250 g/mol. The van der Waals surface area contributed by atoms with Gasteiger partial charge in [-0.05, 0) is 19.9 Å². The minimum atomic E-state index is 0.482. The van der Waals surface area contributed by atoms with Gasteiger partial charge in [0.05, 0.1) is 5.69 Å². The molecule has 0 aliphatic heterocycles. The van der Waals surface area contributed by atoms with Crippen LogP contribution in [0.2, 0.25) is 0 Å². The predicted molar refractivity (Wildman–Crippen MR) is 80.6 cm³/mol. The number of aromatic nitrogens is 4. The second kappa shape index (κ2) is 6.70. The summed E-state index contributed by atoms with van der Waals surface area (Å²) in [6.45, 7) is 9.33. The summed E-state index contributed by atoms with van der Waals surface area (Å²) in [5.74, 6) is 1.66. The van der Waals surface area contributed by atoms with E-state index in [2.05, 4.69) is 53.1 Å². The van der Waals surface area contributed by atoms with E-state index in [9.17, 15) is 0 Å². The molecule has 0 aromatic carbocycles. The van der Waals surface area contributed by atoms with E-state index in [0.717, 1.165) is 31.7 Å². The van der Waals surface area contributed by atoms with Crippen LogP contribution in [0.1, 0.15) is 43.3 Å². The van der Waals surface area contributed by atoms with Crippen molar-refractivity contribution in [3.05, 3.63) is 35.7 Å². The zero-order valence-electron chi connectivity index (χ0n) is 12.9. The molecule has 0 aliphatic rings. The third-order valence-electron chi connectivity index (χ3n) is 3.45. The summed E-state index contributed by atoms with van der Waals surface area (Å²) in [7, 11) is 1.96. The van der Waals surface area contributed by atoms with Gasteiger partial charge >= 0.3 is 0 Å². The highest BCUT2D eigenvalue weighted by Crippen LogP contribution is 2.11. The van der Waals surface area contributed by atoms with Crippen LogP contribution in [-0.2, 0) is 20.1 Å². The monoisotopic (exact) mass is 275 g/mol. The van der Waals surface area contributed by atoms with Gasteiger partial charge in [-0.25, -0.2) is 4.98 Å². The molecule has 5 heteroatoms. The average Bonchev–Trinajstić information content (AvgIpc) is 2.96. The molecule has 0 saturated carbocycles. The van der Waals surface area contributed by atoms with E-state index in [-0.39, 0.29) is 0 Å². The molecule has 0 fully saturated rings. The lowest BCUT2D eigenvalue weighted by Gasteiger charge is -2.10. The van der Waals surface area contributed by atoms with Crippen molar-refractivity contribution in [2.75, 3.05) is 6.54 Å².